The summed E-state index contributed by atoms with van der Waals surface area (Å²) >= 11 is 6.05. The number of carbonyl (C=O) groups excluding carboxylic acids is 2. The number of carbonyl (C=O) groups is 2. The third-order valence-corrected chi connectivity index (χ3v) is 8.24. The lowest BCUT2D eigenvalue weighted by molar-refractivity contribution is -0.140. The highest BCUT2D eigenvalue weighted by Crippen LogP contribution is 2.33. The van der Waals surface area contributed by atoms with Crippen LogP contribution >= 0.6 is 11.6 Å². The van der Waals surface area contributed by atoms with Crippen LogP contribution < -0.4 is 19.1 Å². The van der Waals surface area contributed by atoms with E-state index in [9.17, 15) is 18.0 Å². The lowest BCUT2D eigenvalue weighted by Gasteiger charge is -2.33. The van der Waals surface area contributed by atoms with Crippen LogP contribution in [-0.2, 0) is 26.2 Å². The van der Waals surface area contributed by atoms with E-state index in [2.05, 4.69) is 5.32 Å². The van der Waals surface area contributed by atoms with Crippen molar-refractivity contribution in [2.24, 2.45) is 0 Å². The van der Waals surface area contributed by atoms with E-state index in [0.29, 0.717) is 10.8 Å². The Hall–Kier alpha value is -3.76. The second-order valence-electron chi connectivity index (χ2n) is 10.4. The molecule has 41 heavy (non-hydrogen) atoms. The normalized spacial score (nSPS) is 12.3. The second-order valence-corrected chi connectivity index (χ2v) is 12.7. The van der Waals surface area contributed by atoms with Crippen LogP contribution in [0.4, 0.5) is 5.69 Å². The van der Waals surface area contributed by atoms with Crippen molar-refractivity contribution in [3.05, 3.63) is 83.4 Å². The first kappa shape index (κ1) is 31.8. The van der Waals surface area contributed by atoms with Crippen molar-refractivity contribution in [1.82, 2.24) is 10.2 Å². The Morgan fingerprint density at radius 3 is 2.10 bits per heavy atom. The van der Waals surface area contributed by atoms with Crippen LogP contribution in [0, 0.1) is 0 Å². The summed E-state index contributed by atoms with van der Waals surface area (Å²) in [5.74, 6) is -0.210. The molecular formula is C30H36ClN3O6S. The van der Waals surface area contributed by atoms with Gasteiger partial charge in [0.25, 0.3) is 10.0 Å². The van der Waals surface area contributed by atoms with Gasteiger partial charge < -0.3 is 19.7 Å². The highest BCUT2D eigenvalue weighted by Gasteiger charge is 2.34. The molecule has 0 saturated carbocycles. The summed E-state index contributed by atoms with van der Waals surface area (Å²) in [5, 5.41) is 3.43. The van der Waals surface area contributed by atoms with E-state index in [-0.39, 0.29) is 28.8 Å². The summed E-state index contributed by atoms with van der Waals surface area (Å²) in [7, 11) is -1.36. The van der Waals surface area contributed by atoms with E-state index in [1.165, 1.54) is 43.4 Å². The maximum atomic E-state index is 14.0. The van der Waals surface area contributed by atoms with Gasteiger partial charge in [0.05, 0.1) is 24.8 Å². The van der Waals surface area contributed by atoms with Crippen molar-refractivity contribution in [2.45, 2.75) is 50.7 Å². The van der Waals surface area contributed by atoms with Gasteiger partial charge in [-0.15, -0.1) is 0 Å². The molecule has 0 aliphatic rings. The number of hydrogen-bond donors (Lipinski definition) is 1. The standard InChI is InChI=1S/C30H36ClN3O6S/c1-21(29(36)32-30(2,3)4)33(19-22-11-13-23(31)14-12-22)28(35)20-34(26-9-7-8-10-27(26)40-6)41(37,38)25-17-15-24(39-5)16-18-25/h7-18,21H,19-20H2,1-6H3,(H,32,36)/t21-/m0/s1. The van der Waals surface area contributed by atoms with Gasteiger partial charge in [0, 0.05) is 17.1 Å². The smallest absolute Gasteiger partial charge is 0.264 e. The maximum absolute atomic E-state index is 14.0. The van der Waals surface area contributed by atoms with Gasteiger partial charge in [-0.2, -0.15) is 0 Å². The fourth-order valence-corrected chi connectivity index (χ4v) is 5.62. The number of rotatable bonds is 11. The quantitative estimate of drug-likeness (QED) is 0.336. The monoisotopic (exact) mass is 601 g/mol. The van der Waals surface area contributed by atoms with Crippen LogP contribution in [0.5, 0.6) is 11.5 Å². The minimum Gasteiger partial charge on any atom is -0.497 e. The molecule has 0 aromatic heterocycles. The number of benzene rings is 3. The Bertz CT molecular complexity index is 1450. The zero-order valence-corrected chi connectivity index (χ0v) is 25.6. The average molecular weight is 602 g/mol. The molecule has 0 aliphatic carbocycles. The minimum absolute atomic E-state index is 0.0419. The van der Waals surface area contributed by atoms with Crippen LogP contribution in [0.1, 0.15) is 33.3 Å². The Balaban J connectivity index is 2.07. The molecule has 11 heteroatoms. The molecule has 3 aromatic rings. The maximum Gasteiger partial charge on any atom is 0.264 e. The fourth-order valence-electron chi connectivity index (χ4n) is 4.07. The number of sulfonamides is 1. The Kier molecular flexibility index (Phi) is 10.3. The zero-order chi connectivity index (χ0) is 30.4. The van der Waals surface area contributed by atoms with E-state index in [1.54, 1.807) is 55.5 Å². The number of ether oxygens (including phenoxy) is 2. The number of nitrogens with one attached hydrogen (secondary N) is 1. The molecule has 0 bridgehead atoms. The van der Waals surface area contributed by atoms with E-state index in [1.807, 2.05) is 20.8 Å². The van der Waals surface area contributed by atoms with Gasteiger partial charge >= 0.3 is 0 Å². The summed E-state index contributed by atoms with van der Waals surface area (Å²) in [5.41, 5.74) is 0.360. The number of hydrogen-bond acceptors (Lipinski definition) is 6. The number of para-hydroxylation sites is 2. The van der Waals surface area contributed by atoms with Gasteiger partial charge in [0.2, 0.25) is 11.8 Å². The third-order valence-electron chi connectivity index (χ3n) is 6.21. The van der Waals surface area contributed by atoms with Crippen LogP contribution in [0.2, 0.25) is 5.02 Å². The zero-order valence-electron chi connectivity index (χ0n) is 24.0. The van der Waals surface area contributed by atoms with Crippen molar-refractivity contribution in [3.63, 3.8) is 0 Å². The number of halogens is 1. The number of nitrogens with zero attached hydrogens (tertiary/aromatic N) is 2. The molecule has 3 aromatic carbocycles. The van der Waals surface area contributed by atoms with Crippen LogP contribution in [0.25, 0.3) is 0 Å². The van der Waals surface area contributed by atoms with Crippen molar-refractivity contribution in [2.75, 3.05) is 25.1 Å². The van der Waals surface area contributed by atoms with Gasteiger partial charge in [-0.3, -0.25) is 13.9 Å². The Labute approximate surface area is 247 Å². The van der Waals surface area contributed by atoms with Crippen LogP contribution in [-0.4, -0.2) is 57.5 Å². The number of amides is 2. The lowest BCUT2D eigenvalue weighted by atomic mass is 10.1. The number of anilines is 1. The Morgan fingerprint density at radius 2 is 1.54 bits per heavy atom. The van der Waals surface area contributed by atoms with Gasteiger partial charge in [0.1, 0.15) is 24.1 Å². The first-order valence-electron chi connectivity index (χ1n) is 12.9. The van der Waals surface area contributed by atoms with Crippen LogP contribution in [0.15, 0.2) is 77.7 Å². The summed E-state index contributed by atoms with van der Waals surface area (Å²) in [6, 6.07) is 18.4. The van der Waals surface area contributed by atoms with Gasteiger partial charge in [-0.05, 0) is 81.8 Å². The topological polar surface area (TPSA) is 105 Å². The molecule has 3 rings (SSSR count). The van der Waals surface area contributed by atoms with E-state index < -0.39 is 34.1 Å². The molecule has 9 nitrogen and oxygen atoms in total. The fraction of sp³-hybridized carbons (Fsp3) is 0.333. The molecule has 2 amide bonds. The molecule has 1 N–H and O–H groups in total. The summed E-state index contributed by atoms with van der Waals surface area (Å²) in [4.78, 5) is 28.6. The largest absolute Gasteiger partial charge is 0.497 e. The molecule has 0 aliphatic heterocycles. The minimum atomic E-state index is -4.26. The molecule has 0 fully saturated rings. The lowest BCUT2D eigenvalue weighted by Crippen LogP contribution is -2.54. The predicted octanol–water partition coefficient (Wildman–Crippen LogP) is 4.88. The molecule has 0 unspecified atom stereocenters. The first-order chi connectivity index (χ1) is 19.3. The summed E-state index contributed by atoms with van der Waals surface area (Å²) < 4.78 is 39.6. The second kappa shape index (κ2) is 13.3. The molecule has 0 saturated heterocycles. The van der Waals surface area contributed by atoms with Crippen molar-refractivity contribution in [3.8, 4) is 11.5 Å². The van der Waals surface area contributed by atoms with Crippen molar-refractivity contribution >= 4 is 39.1 Å². The number of methoxy groups -OCH3 is 2. The first-order valence-corrected chi connectivity index (χ1v) is 14.7. The van der Waals surface area contributed by atoms with E-state index in [0.717, 1.165) is 9.87 Å². The Morgan fingerprint density at radius 1 is 0.927 bits per heavy atom. The SMILES string of the molecule is COc1ccc(S(=O)(=O)N(CC(=O)N(Cc2ccc(Cl)cc2)[C@@H](C)C(=O)NC(C)(C)C)c2ccccc2OC)cc1. The average Bonchev–Trinajstić information content (AvgIpc) is 2.94. The van der Waals surface area contributed by atoms with Gasteiger partial charge in [-0.1, -0.05) is 35.9 Å². The highest BCUT2D eigenvalue weighted by molar-refractivity contribution is 7.92. The summed E-state index contributed by atoms with van der Waals surface area (Å²) in [6.45, 7) is 6.60. The van der Waals surface area contributed by atoms with Gasteiger partial charge in [0.15, 0.2) is 0 Å². The highest BCUT2D eigenvalue weighted by atomic mass is 35.5. The molecule has 220 valence electrons. The third kappa shape index (κ3) is 8.14. The van der Waals surface area contributed by atoms with E-state index >= 15 is 0 Å². The molecular weight excluding hydrogens is 566 g/mol. The molecule has 0 spiro atoms. The molecule has 0 radical (unpaired) electrons. The van der Waals surface area contributed by atoms with Crippen molar-refractivity contribution < 1.29 is 27.5 Å². The predicted molar refractivity (Wildman–Crippen MR) is 160 cm³/mol. The molecule has 1 atom stereocenters. The van der Waals surface area contributed by atoms with Crippen molar-refractivity contribution in [1.29, 1.82) is 0 Å². The van der Waals surface area contributed by atoms with Crippen LogP contribution in [0.3, 0.4) is 0 Å². The van der Waals surface area contributed by atoms with E-state index in [4.69, 9.17) is 21.1 Å². The van der Waals surface area contributed by atoms with Gasteiger partial charge in [-0.25, -0.2) is 8.42 Å². The summed E-state index contributed by atoms with van der Waals surface area (Å²) in [6.07, 6.45) is 0. The molecule has 0 heterocycles.